The number of carbonyl (C=O) groups is 1. The van der Waals surface area contributed by atoms with Crippen LogP contribution >= 0.6 is 0 Å². The lowest BCUT2D eigenvalue weighted by atomic mass is 9.82. The first-order valence-electron chi connectivity index (χ1n) is 14.0. The van der Waals surface area contributed by atoms with Crippen molar-refractivity contribution in [3.63, 3.8) is 0 Å². The molecule has 0 saturated carbocycles. The molecule has 0 bridgehead atoms. The van der Waals surface area contributed by atoms with Crippen LogP contribution in [-0.2, 0) is 14.3 Å². The number of allylic oxidation sites excluding steroid dienone is 2. The van der Waals surface area contributed by atoms with Crippen molar-refractivity contribution in [1.82, 2.24) is 0 Å². The zero-order chi connectivity index (χ0) is 25.2. The second-order valence-electron chi connectivity index (χ2n) is 10.1. The molecule has 1 aromatic rings. The van der Waals surface area contributed by atoms with E-state index in [2.05, 4.69) is 69.0 Å². The summed E-state index contributed by atoms with van der Waals surface area (Å²) in [5, 5.41) is 0. The Labute approximate surface area is 214 Å². The van der Waals surface area contributed by atoms with Gasteiger partial charge < -0.3 is 9.47 Å². The average Bonchev–Trinajstić information content (AvgIpc) is 2.89. The molecule has 0 radical (unpaired) electrons. The normalized spacial score (nSPS) is 18.2. The third kappa shape index (κ3) is 11.9. The molecular weight excluding hydrogens is 432 g/mol. The highest BCUT2D eigenvalue weighted by molar-refractivity contribution is 5.81. The molecule has 35 heavy (non-hydrogen) atoms. The van der Waals surface area contributed by atoms with Gasteiger partial charge in [0.25, 0.3) is 0 Å². The SMILES string of the molecule is C=CC(=O)OCCCCCCCCCCCCOC1(CC(C)CC)C=CC(c2ccccc2)=CC1. The minimum absolute atomic E-state index is 0.141. The number of esters is 1. The second kappa shape index (κ2) is 17.3. The van der Waals surface area contributed by atoms with E-state index in [0.29, 0.717) is 12.5 Å². The van der Waals surface area contributed by atoms with Crippen LogP contribution in [0.4, 0.5) is 0 Å². The lowest BCUT2D eigenvalue weighted by Crippen LogP contribution is -2.33. The maximum Gasteiger partial charge on any atom is 0.330 e. The number of carbonyl (C=O) groups excluding carboxylic acids is 1. The molecule has 2 unspecified atom stereocenters. The van der Waals surface area contributed by atoms with Crippen molar-refractivity contribution in [2.75, 3.05) is 13.2 Å². The first-order chi connectivity index (χ1) is 17.1. The van der Waals surface area contributed by atoms with Gasteiger partial charge in [0.2, 0.25) is 0 Å². The van der Waals surface area contributed by atoms with Crippen LogP contribution < -0.4 is 0 Å². The van der Waals surface area contributed by atoms with Crippen molar-refractivity contribution in [2.45, 2.75) is 103 Å². The fourth-order valence-electron chi connectivity index (χ4n) is 4.68. The van der Waals surface area contributed by atoms with Gasteiger partial charge in [-0.15, -0.1) is 0 Å². The molecular formula is C32H48O3. The van der Waals surface area contributed by atoms with Crippen molar-refractivity contribution in [2.24, 2.45) is 5.92 Å². The summed E-state index contributed by atoms with van der Waals surface area (Å²) in [6, 6.07) is 10.6. The number of ether oxygens (including phenoxy) is 2. The van der Waals surface area contributed by atoms with Crippen molar-refractivity contribution in [1.29, 1.82) is 0 Å². The van der Waals surface area contributed by atoms with Crippen LogP contribution in [0.5, 0.6) is 0 Å². The van der Waals surface area contributed by atoms with Crippen molar-refractivity contribution < 1.29 is 14.3 Å². The molecule has 0 amide bonds. The molecule has 0 aliphatic heterocycles. The van der Waals surface area contributed by atoms with Gasteiger partial charge in [-0.2, -0.15) is 0 Å². The molecule has 0 saturated heterocycles. The van der Waals surface area contributed by atoms with E-state index in [4.69, 9.17) is 9.47 Å². The predicted molar refractivity (Wildman–Crippen MR) is 148 cm³/mol. The highest BCUT2D eigenvalue weighted by Crippen LogP contribution is 2.35. The maximum absolute atomic E-state index is 11.0. The monoisotopic (exact) mass is 480 g/mol. The molecule has 2 atom stereocenters. The number of unbranched alkanes of at least 4 members (excludes halogenated alkanes) is 9. The average molecular weight is 481 g/mol. The Morgan fingerprint density at radius 1 is 0.971 bits per heavy atom. The van der Waals surface area contributed by atoms with Crippen LogP contribution in [0.3, 0.4) is 0 Å². The maximum atomic E-state index is 11.0. The standard InChI is InChI=1S/C32H48O3/c1-4-28(3)27-32(23-21-30(22-24-32)29-19-15-14-16-20-29)35-26-18-13-11-9-7-6-8-10-12-17-25-34-31(33)5-2/h5,14-16,19-23,28H,2,4,6-13,17-18,24-27H2,1,3H3. The van der Waals surface area contributed by atoms with Gasteiger partial charge in [-0.25, -0.2) is 4.79 Å². The Hall–Kier alpha value is -2.13. The summed E-state index contributed by atoms with van der Waals surface area (Å²) < 4.78 is 11.6. The highest BCUT2D eigenvalue weighted by atomic mass is 16.5. The van der Waals surface area contributed by atoms with Crippen molar-refractivity contribution >= 4 is 11.5 Å². The summed E-state index contributed by atoms with van der Waals surface area (Å²) in [7, 11) is 0. The largest absolute Gasteiger partial charge is 0.463 e. The number of benzene rings is 1. The Balaban J connectivity index is 1.57. The second-order valence-corrected chi connectivity index (χ2v) is 10.1. The molecule has 1 aromatic carbocycles. The van der Waals surface area contributed by atoms with Gasteiger partial charge in [-0.3, -0.25) is 0 Å². The van der Waals surface area contributed by atoms with Crippen LogP contribution in [0.1, 0.15) is 103 Å². The van der Waals surface area contributed by atoms with Crippen LogP contribution in [0, 0.1) is 5.92 Å². The fourth-order valence-corrected chi connectivity index (χ4v) is 4.68. The molecule has 1 aliphatic carbocycles. The lowest BCUT2D eigenvalue weighted by molar-refractivity contribution is -0.137. The first-order valence-corrected chi connectivity index (χ1v) is 14.0. The summed E-state index contributed by atoms with van der Waals surface area (Å²) in [5.74, 6) is 0.346. The van der Waals surface area contributed by atoms with Gasteiger partial charge in [-0.1, -0.05) is 127 Å². The van der Waals surface area contributed by atoms with E-state index in [-0.39, 0.29) is 11.6 Å². The van der Waals surface area contributed by atoms with Gasteiger partial charge in [0.05, 0.1) is 12.2 Å². The quantitative estimate of drug-likeness (QED) is 0.113. The van der Waals surface area contributed by atoms with Gasteiger partial charge in [0.1, 0.15) is 0 Å². The van der Waals surface area contributed by atoms with E-state index in [0.717, 1.165) is 38.7 Å². The van der Waals surface area contributed by atoms with Gasteiger partial charge in [0.15, 0.2) is 0 Å². The van der Waals surface area contributed by atoms with Gasteiger partial charge in [0, 0.05) is 12.7 Å². The molecule has 0 N–H and O–H groups in total. The van der Waals surface area contributed by atoms with Crippen molar-refractivity contribution in [3.8, 4) is 0 Å². The van der Waals surface area contributed by atoms with E-state index in [1.807, 2.05) is 0 Å². The minimum atomic E-state index is -0.315. The van der Waals surface area contributed by atoms with Crippen LogP contribution in [-0.4, -0.2) is 24.8 Å². The summed E-state index contributed by atoms with van der Waals surface area (Å²) in [5.41, 5.74) is 2.46. The van der Waals surface area contributed by atoms with E-state index in [1.165, 1.54) is 68.6 Å². The van der Waals surface area contributed by atoms with Crippen LogP contribution in [0.25, 0.3) is 5.57 Å². The third-order valence-electron chi connectivity index (χ3n) is 7.07. The Kier molecular flexibility index (Phi) is 14.4. The molecule has 3 heteroatoms. The molecule has 0 aromatic heterocycles. The molecule has 3 nitrogen and oxygen atoms in total. The third-order valence-corrected chi connectivity index (χ3v) is 7.07. The number of hydrogen-bond acceptors (Lipinski definition) is 3. The number of hydrogen-bond donors (Lipinski definition) is 0. The first kappa shape index (κ1) is 29.1. The van der Waals surface area contributed by atoms with E-state index in [1.54, 1.807) is 0 Å². The zero-order valence-electron chi connectivity index (χ0n) is 22.3. The van der Waals surface area contributed by atoms with Crippen molar-refractivity contribution in [3.05, 3.63) is 66.8 Å². The van der Waals surface area contributed by atoms with Gasteiger partial charge in [-0.05, 0) is 42.7 Å². The summed E-state index contributed by atoms with van der Waals surface area (Å²) >= 11 is 0. The summed E-state index contributed by atoms with van der Waals surface area (Å²) in [6.45, 7) is 9.39. The van der Waals surface area contributed by atoms with Crippen LogP contribution in [0.2, 0.25) is 0 Å². The Morgan fingerprint density at radius 3 is 2.11 bits per heavy atom. The number of rotatable bonds is 19. The topological polar surface area (TPSA) is 35.5 Å². The minimum Gasteiger partial charge on any atom is -0.463 e. The van der Waals surface area contributed by atoms with Gasteiger partial charge >= 0.3 is 5.97 Å². The highest BCUT2D eigenvalue weighted by Gasteiger charge is 2.30. The summed E-state index contributed by atoms with van der Waals surface area (Å²) in [4.78, 5) is 11.0. The van der Waals surface area contributed by atoms with E-state index >= 15 is 0 Å². The lowest BCUT2D eigenvalue weighted by Gasteiger charge is -2.35. The van der Waals surface area contributed by atoms with Crippen LogP contribution in [0.15, 0.2) is 61.2 Å². The molecule has 0 spiro atoms. The zero-order valence-corrected chi connectivity index (χ0v) is 22.3. The van der Waals surface area contributed by atoms with E-state index < -0.39 is 0 Å². The Bertz CT molecular complexity index is 779. The molecule has 2 rings (SSSR count). The fraction of sp³-hybridized carbons (Fsp3) is 0.594. The predicted octanol–water partition coefficient (Wildman–Crippen LogP) is 8.85. The Morgan fingerprint density at radius 2 is 1.57 bits per heavy atom. The smallest absolute Gasteiger partial charge is 0.330 e. The van der Waals surface area contributed by atoms with E-state index in [9.17, 15) is 4.79 Å². The molecule has 1 aliphatic rings. The summed E-state index contributed by atoms with van der Waals surface area (Å²) in [6.07, 6.45) is 23.7. The molecule has 194 valence electrons. The molecule has 0 fully saturated rings. The molecule has 0 heterocycles.